The number of esters is 1. The number of anilines is 1. The molecule has 2 aromatic carbocycles. The van der Waals surface area contributed by atoms with Gasteiger partial charge in [-0.05, 0) is 48.9 Å². The minimum atomic E-state index is -0.938. The number of hydrogen-bond acceptors (Lipinski definition) is 4. The molecule has 1 amide bonds. The maximum atomic E-state index is 12.0. The van der Waals surface area contributed by atoms with Crippen LogP contribution >= 0.6 is 11.6 Å². The second-order valence-electron chi connectivity index (χ2n) is 5.19. The SMILES string of the molecule is COc1ccc(/C=C/C(=O)O[C@@H](C)C(=O)Nc2cccc(Cl)c2)cc1. The van der Waals surface area contributed by atoms with Crippen molar-refractivity contribution in [2.75, 3.05) is 12.4 Å². The molecule has 0 radical (unpaired) electrons. The average Bonchev–Trinajstić information content (AvgIpc) is 2.60. The fourth-order valence-electron chi connectivity index (χ4n) is 1.96. The number of nitrogens with one attached hydrogen (secondary N) is 1. The molecule has 2 aromatic rings. The van der Waals surface area contributed by atoms with Crippen LogP contribution in [0.25, 0.3) is 6.08 Å². The van der Waals surface area contributed by atoms with E-state index in [0.29, 0.717) is 10.7 Å². The fourth-order valence-corrected chi connectivity index (χ4v) is 2.15. The summed E-state index contributed by atoms with van der Waals surface area (Å²) in [5.74, 6) is -0.316. The van der Waals surface area contributed by atoms with Crippen LogP contribution in [0.4, 0.5) is 5.69 Å². The zero-order valence-electron chi connectivity index (χ0n) is 13.9. The first-order valence-electron chi connectivity index (χ1n) is 7.57. The second kappa shape index (κ2) is 8.89. The number of carbonyl (C=O) groups excluding carboxylic acids is 2. The quantitative estimate of drug-likeness (QED) is 0.627. The van der Waals surface area contributed by atoms with Gasteiger partial charge in [0.15, 0.2) is 6.10 Å². The third kappa shape index (κ3) is 5.97. The highest BCUT2D eigenvalue weighted by molar-refractivity contribution is 6.30. The van der Waals surface area contributed by atoms with E-state index < -0.39 is 18.0 Å². The van der Waals surface area contributed by atoms with E-state index in [1.54, 1.807) is 61.7 Å². The van der Waals surface area contributed by atoms with E-state index in [1.807, 2.05) is 0 Å². The minimum absolute atomic E-state index is 0.437. The highest BCUT2D eigenvalue weighted by atomic mass is 35.5. The first-order valence-corrected chi connectivity index (χ1v) is 7.95. The van der Waals surface area contributed by atoms with Gasteiger partial charge in [-0.1, -0.05) is 29.8 Å². The molecule has 0 unspecified atom stereocenters. The van der Waals surface area contributed by atoms with Gasteiger partial charge in [0.1, 0.15) is 5.75 Å². The smallest absolute Gasteiger partial charge is 0.331 e. The number of hydrogen-bond donors (Lipinski definition) is 1. The average molecular weight is 360 g/mol. The number of amides is 1. The Bertz CT molecular complexity index is 771. The Morgan fingerprint density at radius 3 is 2.52 bits per heavy atom. The first kappa shape index (κ1) is 18.5. The molecule has 0 saturated heterocycles. The topological polar surface area (TPSA) is 64.6 Å². The number of carbonyl (C=O) groups is 2. The first-order chi connectivity index (χ1) is 12.0. The van der Waals surface area contributed by atoms with Crippen LogP contribution in [0, 0.1) is 0 Å². The minimum Gasteiger partial charge on any atom is -0.497 e. The molecule has 5 nitrogen and oxygen atoms in total. The van der Waals surface area contributed by atoms with Crippen LogP contribution < -0.4 is 10.1 Å². The normalized spacial score (nSPS) is 11.8. The largest absolute Gasteiger partial charge is 0.497 e. The zero-order valence-corrected chi connectivity index (χ0v) is 14.6. The van der Waals surface area contributed by atoms with Crippen LogP contribution in [-0.2, 0) is 14.3 Å². The summed E-state index contributed by atoms with van der Waals surface area (Å²) >= 11 is 5.86. The Morgan fingerprint density at radius 1 is 1.16 bits per heavy atom. The number of rotatable bonds is 6. The van der Waals surface area contributed by atoms with Gasteiger partial charge in [0.05, 0.1) is 7.11 Å². The molecule has 0 aromatic heterocycles. The van der Waals surface area contributed by atoms with Crippen molar-refractivity contribution in [1.29, 1.82) is 0 Å². The summed E-state index contributed by atoms with van der Waals surface area (Å²) in [6.45, 7) is 1.50. The summed E-state index contributed by atoms with van der Waals surface area (Å²) in [5.41, 5.74) is 1.35. The molecule has 0 aliphatic heterocycles. The van der Waals surface area contributed by atoms with Gasteiger partial charge in [-0.3, -0.25) is 4.79 Å². The molecule has 25 heavy (non-hydrogen) atoms. The standard InChI is InChI=1S/C19H18ClNO4/c1-13(19(23)21-16-5-3-4-15(20)12-16)25-18(22)11-8-14-6-9-17(24-2)10-7-14/h3-13H,1-2H3,(H,21,23)/b11-8+/t13-/m0/s1. The van der Waals surface area contributed by atoms with E-state index in [1.165, 1.54) is 13.0 Å². The van der Waals surface area contributed by atoms with Crippen LogP contribution in [0.1, 0.15) is 12.5 Å². The Balaban J connectivity index is 1.87. The van der Waals surface area contributed by atoms with E-state index >= 15 is 0 Å². The number of ether oxygens (including phenoxy) is 2. The van der Waals surface area contributed by atoms with Crippen molar-refractivity contribution < 1.29 is 19.1 Å². The van der Waals surface area contributed by atoms with E-state index in [0.717, 1.165) is 11.3 Å². The molecule has 1 N–H and O–H groups in total. The summed E-state index contributed by atoms with van der Waals surface area (Å²) in [6.07, 6.45) is 1.93. The molecule has 0 aliphatic rings. The molecule has 1 atom stereocenters. The van der Waals surface area contributed by atoms with Crippen LogP contribution in [0.5, 0.6) is 5.75 Å². The van der Waals surface area contributed by atoms with Crippen molar-refractivity contribution in [3.8, 4) is 5.75 Å². The molecule has 2 rings (SSSR count). The fraction of sp³-hybridized carbons (Fsp3) is 0.158. The van der Waals surface area contributed by atoms with Crippen LogP contribution in [0.15, 0.2) is 54.6 Å². The van der Waals surface area contributed by atoms with Crippen LogP contribution in [0.3, 0.4) is 0 Å². The Morgan fingerprint density at radius 2 is 1.88 bits per heavy atom. The second-order valence-corrected chi connectivity index (χ2v) is 5.62. The molecular weight excluding hydrogens is 342 g/mol. The van der Waals surface area contributed by atoms with E-state index in [4.69, 9.17) is 21.1 Å². The number of halogens is 1. The van der Waals surface area contributed by atoms with E-state index in [9.17, 15) is 9.59 Å². The van der Waals surface area contributed by atoms with Crippen molar-refractivity contribution in [2.24, 2.45) is 0 Å². The summed E-state index contributed by atoms with van der Waals surface area (Å²) in [7, 11) is 1.58. The predicted molar refractivity (Wildman–Crippen MR) is 97.7 cm³/mol. The predicted octanol–water partition coefficient (Wildman–Crippen LogP) is 3.93. The lowest BCUT2D eigenvalue weighted by atomic mass is 10.2. The Labute approximate surface area is 151 Å². The van der Waals surface area contributed by atoms with Crippen molar-refractivity contribution >= 4 is 35.2 Å². The molecule has 0 spiro atoms. The van der Waals surface area contributed by atoms with Crippen molar-refractivity contribution in [3.05, 3.63) is 65.2 Å². The van der Waals surface area contributed by atoms with E-state index in [-0.39, 0.29) is 0 Å². The third-order valence-corrected chi connectivity index (χ3v) is 3.52. The summed E-state index contributed by atoms with van der Waals surface area (Å²) in [6, 6.07) is 13.9. The van der Waals surface area contributed by atoms with Gasteiger partial charge in [0.25, 0.3) is 5.91 Å². The monoisotopic (exact) mass is 359 g/mol. The van der Waals surface area contributed by atoms with Gasteiger partial charge in [-0.25, -0.2) is 4.79 Å². The lowest BCUT2D eigenvalue weighted by Crippen LogP contribution is -2.29. The molecular formula is C19H18ClNO4. The molecule has 0 heterocycles. The Hall–Kier alpha value is -2.79. The summed E-state index contributed by atoms with van der Waals surface area (Å²) in [4.78, 5) is 23.9. The zero-order chi connectivity index (χ0) is 18.2. The van der Waals surface area contributed by atoms with Crippen molar-refractivity contribution in [3.63, 3.8) is 0 Å². The van der Waals surface area contributed by atoms with Gasteiger partial charge in [0, 0.05) is 16.8 Å². The lowest BCUT2D eigenvalue weighted by molar-refractivity contribution is -0.148. The number of benzene rings is 2. The van der Waals surface area contributed by atoms with Crippen molar-refractivity contribution in [2.45, 2.75) is 13.0 Å². The molecule has 0 aliphatic carbocycles. The maximum absolute atomic E-state index is 12.0. The van der Waals surface area contributed by atoms with Gasteiger partial charge < -0.3 is 14.8 Å². The summed E-state index contributed by atoms with van der Waals surface area (Å²) < 4.78 is 10.1. The molecule has 0 saturated carbocycles. The maximum Gasteiger partial charge on any atom is 0.331 e. The van der Waals surface area contributed by atoms with Crippen molar-refractivity contribution in [1.82, 2.24) is 0 Å². The van der Waals surface area contributed by atoms with Crippen LogP contribution in [-0.4, -0.2) is 25.1 Å². The molecule has 130 valence electrons. The molecule has 0 bridgehead atoms. The van der Waals surface area contributed by atoms with E-state index in [2.05, 4.69) is 5.32 Å². The summed E-state index contributed by atoms with van der Waals surface area (Å²) in [5, 5.41) is 3.14. The number of methoxy groups -OCH3 is 1. The molecule has 0 fully saturated rings. The Kier molecular flexibility index (Phi) is 6.60. The van der Waals surface area contributed by atoms with Gasteiger partial charge in [-0.2, -0.15) is 0 Å². The lowest BCUT2D eigenvalue weighted by Gasteiger charge is -2.12. The van der Waals surface area contributed by atoms with Crippen LogP contribution in [0.2, 0.25) is 5.02 Å². The third-order valence-electron chi connectivity index (χ3n) is 3.28. The van der Waals surface area contributed by atoms with Gasteiger partial charge >= 0.3 is 5.97 Å². The van der Waals surface area contributed by atoms with Gasteiger partial charge in [-0.15, -0.1) is 0 Å². The van der Waals surface area contributed by atoms with Gasteiger partial charge in [0.2, 0.25) is 0 Å². The molecule has 6 heteroatoms. The highest BCUT2D eigenvalue weighted by Crippen LogP contribution is 2.15. The highest BCUT2D eigenvalue weighted by Gasteiger charge is 2.16.